The fourth-order valence-electron chi connectivity index (χ4n) is 2.66. The second-order valence-corrected chi connectivity index (χ2v) is 5.35. The highest BCUT2D eigenvalue weighted by atomic mass is 16.5. The minimum absolute atomic E-state index is 0.244. The molecule has 1 N–H and O–H groups in total. The van der Waals surface area contributed by atoms with Gasteiger partial charge in [0, 0.05) is 23.2 Å². The second-order valence-electron chi connectivity index (χ2n) is 5.35. The Morgan fingerprint density at radius 2 is 1.58 bits per heavy atom. The summed E-state index contributed by atoms with van der Waals surface area (Å²) in [5.41, 5.74) is 0.193. The molecular weight excluding hydrogens is 338 g/mol. The third-order valence-corrected chi connectivity index (χ3v) is 3.89. The molecule has 0 aliphatic carbocycles. The van der Waals surface area contributed by atoms with Crippen molar-refractivity contribution in [1.82, 2.24) is 0 Å². The lowest BCUT2D eigenvalue weighted by atomic mass is 10.1. The van der Waals surface area contributed by atoms with Gasteiger partial charge in [-0.05, 0) is 6.07 Å². The number of hydrogen-bond donors (Lipinski definition) is 1. The molecule has 3 aromatic rings. The monoisotopic (exact) mass is 355 g/mol. The summed E-state index contributed by atoms with van der Waals surface area (Å²) in [7, 11) is 4.47. The minimum Gasteiger partial charge on any atom is -0.493 e. The van der Waals surface area contributed by atoms with Crippen LogP contribution in [0.15, 0.2) is 51.9 Å². The molecular formula is C19H17NO6. The summed E-state index contributed by atoms with van der Waals surface area (Å²) in [6.45, 7) is 0. The molecule has 0 bridgehead atoms. The van der Waals surface area contributed by atoms with Crippen molar-refractivity contribution >= 4 is 22.4 Å². The molecule has 0 saturated heterocycles. The molecule has 26 heavy (non-hydrogen) atoms. The van der Waals surface area contributed by atoms with E-state index in [9.17, 15) is 9.59 Å². The summed E-state index contributed by atoms with van der Waals surface area (Å²) in [6, 6.07) is 9.98. The largest absolute Gasteiger partial charge is 0.493 e. The molecule has 1 heterocycles. The third kappa shape index (κ3) is 3.06. The maximum Gasteiger partial charge on any atom is 0.343 e. The van der Waals surface area contributed by atoms with E-state index in [0.717, 1.165) is 6.26 Å². The number of fused-ring (bicyclic) bond motifs is 1. The highest BCUT2D eigenvalue weighted by molar-refractivity contribution is 6.12. The van der Waals surface area contributed by atoms with Crippen molar-refractivity contribution in [2.24, 2.45) is 0 Å². The Labute approximate surface area is 149 Å². The number of amides is 1. The first-order valence-electron chi connectivity index (χ1n) is 7.71. The average molecular weight is 355 g/mol. The minimum atomic E-state index is -0.495. The summed E-state index contributed by atoms with van der Waals surface area (Å²) in [4.78, 5) is 24.5. The van der Waals surface area contributed by atoms with Gasteiger partial charge in [-0.15, -0.1) is 0 Å². The van der Waals surface area contributed by atoms with E-state index >= 15 is 0 Å². The van der Waals surface area contributed by atoms with Crippen LogP contribution in [0.1, 0.15) is 10.4 Å². The SMILES string of the molecule is COc1cc(NC(=O)c2coc(=O)c3ccccc23)cc(OC)c1OC. The molecule has 0 unspecified atom stereocenters. The molecule has 1 amide bonds. The summed E-state index contributed by atoms with van der Waals surface area (Å²) in [5.74, 6) is 0.807. The van der Waals surface area contributed by atoms with Gasteiger partial charge < -0.3 is 23.9 Å². The van der Waals surface area contributed by atoms with Gasteiger partial charge >= 0.3 is 5.63 Å². The molecule has 3 rings (SSSR count). The van der Waals surface area contributed by atoms with Crippen LogP contribution in [0.4, 0.5) is 5.69 Å². The molecule has 7 nitrogen and oxygen atoms in total. The Morgan fingerprint density at radius 1 is 0.962 bits per heavy atom. The van der Waals surface area contributed by atoms with E-state index in [1.807, 2.05) is 0 Å². The predicted octanol–water partition coefficient (Wildman–Crippen LogP) is 3.07. The van der Waals surface area contributed by atoms with E-state index in [1.54, 1.807) is 36.4 Å². The maximum absolute atomic E-state index is 12.7. The van der Waals surface area contributed by atoms with E-state index in [2.05, 4.69) is 5.32 Å². The molecule has 0 aliphatic rings. The average Bonchev–Trinajstić information content (AvgIpc) is 2.67. The zero-order chi connectivity index (χ0) is 18.7. The molecule has 134 valence electrons. The van der Waals surface area contributed by atoms with E-state index in [4.69, 9.17) is 18.6 Å². The third-order valence-electron chi connectivity index (χ3n) is 3.89. The van der Waals surface area contributed by atoms with Gasteiger partial charge in [0.05, 0.1) is 32.3 Å². The Bertz CT molecular complexity index is 999. The number of nitrogens with one attached hydrogen (secondary N) is 1. The highest BCUT2D eigenvalue weighted by Gasteiger charge is 2.17. The number of benzene rings is 2. The smallest absolute Gasteiger partial charge is 0.343 e. The van der Waals surface area contributed by atoms with Gasteiger partial charge in [0.15, 0.2) is 11.5 Å². The molecule has 0 fully saturated rings. The van der Waals surface area contributed by atoms with Crippen LogP contribution in [-0.2, 0) is 0 Å². The second kappa shape index (κ2) is 7.18. The first kappa shape index (κ1) is 17.3. The van der Waals surface area contributed by atoms with Gasteiger partial charge in [0.1, 0.15) is 6.26 Å². The predicted molar refractivity (Wildman–Crippen MR) is 96.5 cm³/mol. The number of carbonyl (C=O) groups is 1. The number of rotatable bonds is 5. The van der Waals surface area contributed by atoms with Gasteiger partial charge in [0.2, 0.25) is 5.75 Å². The number of hydrogen-bond acceptors (Lipinski definition) is 6. The Hall–Kier alpha value is -3.48. The number of ether oxygens (including phenoxy) is 3. The fraction of sp³-hybridized carbons (Fsp3) is 0.158. The quantitative estimate of drug-likeness (QED) is 0.757. The molecule has 1 aromatic heterocycles. The van der Waals surface area contributed by atoms with Crippen LogP contribution in [-0.4, -0.2) is 27.2 Å². The van der Waals surface area contributed by atoms with E-state index in [0.29, 0.717) is 33.7 Å². The lowest BCUT2D eigenvalue weighted by molar-refractivity contribution is 0.102. The van der Waals surface area contributed by atoms with E-state index in [1.165, 1.54) is 21.3 Å². The molecule has 0 spiro atoms. The van der Waals surface area contributed by atoms with E-state index in [-0.39, 0.29) is 5.56 Å². The topological polar surface area (TPSA) is 87.0 Å². The zero-order valence-electron chi connectivity index (χ0n) is 14.5. The fourth-order valence-corrected chi connectivity index (χ4v) is 2.66. The standard InChI is InChI=1S/C19H17NO6/c1-23-15-8-11(9-16(24-2)17(15)25-3)20-18(21)14-10-26-19(22)13-7-5-4-6-12(13)14/h4-10H,1-3H3,(H,20,21). The van der Waals surface area contributed by atoms with Crippen LogP contribution in [0.25, 0.3) is 10.8 Å². The van der Waals surface area contributed by atoms with Crippen molar-refractivity contribution in [3.63, 3.8) is 0 Å². The van der Waals surface area contributed by atoms with Crippen molar-refractivity contribution in [1.29, 1.82) is 0 Å². The molecule has 0 aliphatic heterocycles. The van der Waals surface area contributed by atoms with Crippen molar-refractivity contribution in [3.05, 3.63) is 58.6 Å². The van der Waals surface area contributed by atoms with Gasteiger partial charge in [-0.25, -0.2) is 4.79 Å². The van der Waals surface area contributed by atoms with Crippen LogP contribution >= 0.6 is 0 Å². The number of methoxy groups -OCH3 is 3. The summed E-state index contributed by atoms with van der Waals surface area (Å²) in [6.07, 6.45) is 1.15. The molecule has 0 atom stereocenters. The Kier molecular flexibility index (Phi) is 4.79. The molecule has 7 heteroatoms. The Morgan fingerprint density at radius 3 is 2.15 bits per heavy atom. The van der Waals surface area contributed by atoms with Crippen molar-refractivity contribution in [2.75, 3.05) is 26.6 Å². The van der Waals surface area contributed by atoms with Gasteiger partial charge in [-0.3, -0.25) is 4.79 Å². The summed E-state index contributed by atoms with van der Waals surface area (Å²) >= 11 is 0. The first-order chi connectivity index (χ1) is 12.6. The van der Waals surface area contributed by atoms with Gasteiger partial charge in [-0.2, -0.15) is 0 Å². The number of carbonyl (C=O) groups excluding carboxylic acids is 1. The lowest BCUT2D eigenvalue weighted by Gasteiger charge is -2.14. The van der Waals surface area contributed by atoms with Crippen LogP contribution in [0.3, 0.4) is 0 Å². The highest BCUT2D eigenvalue weighted by Crippen LogP contribution is 2.40. The lowest BCUT2D eigenvalue weighted by Crippen LogP contribution is -2.14. The molecule has 2 aromatic carbocycles. The van der Waals surface area contributed by atoms with E-state index < -0.39 is 11.5 Å². The van der Waals surface area contributed by atoms with Crippen molar-refractivity contribution in [2.45, 2.75) is 0 Å². The first-order valence-corrected chi connectivity index (χ1v) is 7.71. The van der Waals surface area contributed by atoms with Gasteiger partial charge in [-0.1, -0.05) is 18.2 Å². The molecule has 0 saturated carbocycles. The zero-order valence-corrected chi connectivity index (χ0v) is 14.5. The van der Waals surface area contributed by atoms with Crippen molar-refractivity contribution in [3.8, 4) is 17.2 Å². The Balaban J connectivity index is 2.01. The summed E-state index contributed by atoms with van der Waals surface area (Å²) < 4.78 is 20.8. The molecule has 0 radical (unpaired) electrons. The van der Waals surface area contributed by atoms with Crippen LogP contribution in [0, 0.1) is 0 Å². The van der Waals surface area contributed by atoms with Crippen LogP contribution < -0.4 is 25.2 Å². The summed E-state index contributed by atoms with van der Waals surface area (Å²) in [5, 5.41) is 3.60. The van der Waals surface area contributed by atoms with Crippen molar-refractivity contribution < 1.29 is 23.4 Å². The van der Waals surface area contributed by atoms with Crippen LogP contribution in [0.5, 0.6) is 17.2 Å². The van der Waals surface area contributed by atoms with Gasteiger partial charge in [0.25, 0.3) is 5.91 Å². The maximum atomic E-state index is 12.7. The number of anilines is 1. The van der Waals surface area contributed by atoms with Crippen LogP contribution in [0.2, 0.25) is 0 Å². The normalized spacial score (nSPS) is 10.4.